The van der Waals surface area contributed by atoms with Crippen LogP contribution in [0.25, 0.3) is 0 Å². The maximum atomic E-state index is 13.6. The molecule has 3 N–H and O–H groups in total. The van der Waals surface area contributed by atoms with E-state index in [1.807, 2.05) is 0 Å². The van der Waals surface area contributed by atoms with Crippen molar-refractivity contribution in [3.63, 3.8) is 0 Å². The van der Waals surface area contributed by atoms with Crippen LogP contribution in [-0.4, -0.2) is 24.7 Å². The SMILES string of the molecule is Nc1cc(F)c(S(=O)(=O)NCCn2cccn2)c(F)c1. The normalized spacial score (nSPS) is 11.7. The Morgan fingerprint density at radius 2 is 1.95 bits per heavy atom. The third kappa shape index (κ3) is 3.11. The van der Waals surface area contributed by atoms with E-state index in [1.165, 1.54) is 10.9 Å². The summed E-state index contributed by atoms with van der Waals surface area (Å²) in [5, 5.41) is 3.87. The predicted octanol–water partition coefficient (Wildman–Crippen LogP) is 0.722. The minimum absolute atomic E-state index is 0.0483. The number of nitrogens with two attached hydrogens (primary N) is 1. The number of anilines is 1. The van der Waals surface area contributed by atoms with E-state index < -0.39 is 26.6 Å². The smallest absolute Gasteiger partial charge is 0.246 e. The molecule has 0 saturated carbocycles. The summed E-state index contributed by atoms with van der Waals surface area (Å²) in [5.41, 5.74) is 5.04. The lowest BCUT2D eigenvalue weighted by Gasteiger charge is -2.09. The molecule has 20 heavy (non-hydrogen) atoms. The van der Waals surface area contributed by atoms with Gasteiger partial charge in [-0.3, -0.25) is 4.68 Å². The second-order valence-electron chi connectivity index (χ2n) is 3.98. The number of hydrogen-bond acceptors (Lipinski definition) is 4. The first-order valence-corrected chi connectivity index (χ1v) is 7.10. The molecule has 0 fully saturated rings. The third-order valence-corrected chi connectivity index (χ3v) is 3.99. The van der Waals surface area contributed by atoms with Crippen LogP contribution in [0.15, 0.2) is 35.5 Å². The highest BCUT2D eigenvalue weighted by Gasteiger charge is 2.24. The van der Waals surface area contributed by atoms with Crippen LogP contribution in [0, 0.1) is 11.6 Å². The molecule has 1 aromatic heterocycles. The highest BCUT2D eigenvalue weighted by atomic mass is 32.2. The highest BCUT2D eigenvalue weighted by molar-refractivity contribution is 7.89. The van der Waals surface area contributed by atoms with Crippen LogP contribution in [0.1, 0.15) is 0 Å². The summed E-state index contributed by atoms with van der Waals surface area (Å²) >= 11 is 0. The van der Waals surface area contributed by atoms with Crippen LogP contribution < -0.4 is 10.5 Å². The lowest BCUT2D eigenvalue weighted by molar-refractivity contribution is 0.511. The van der Waals surface area contributed by atoms with E-state index in [0.29, 0.717) is 0 Å². The van der Waals surface area contributed by atoms with Crippen molar-refractivity contribution >= 4 is 15.7 Å². The fourth-order valence-corrected chi connectivity index (χ4v) is 2.77. The van der Waals surface area contributed by atoms with Crippen LogP contribution in [0.2, 0.25) is 0 Å². The van der Waals surface area contributed by atoms with Gasteiger partial charge in [-0.2, -0.15) is 5.10 Å². The number of aromatic nitrogens is 2. The molecule has 2 aromatic rings. The number of nitrogens with one attached hydrogen (secondary N) is 1. The molecule has 108 valence electrons. The number of sulfonamides is 1. The Morgan fingerprint density at radius 3 is 2.50 bits per heavy atom. The predicted molar refractivity (Wildman–Crippen MR) is 68.2 cm³/mol. The number of benzene rings is 1. The molecule has 0 unspecified atom stereocenters. The van der Waals surface area contributed by atoms with E-state index in [0.717, 1.165) is 12.1 Å². The Hall–Kier alpha value is -2.00. The van der Waals surface area contributed by atoms with Gasteiger partial charge in [-0.1, -0.05) is 0 Å². The molecule has 0 aliphatic rings. The number of rotatable bonds is 5. The number of nitrogens with zero attached hydrogens (tertiary/aromatic N) is 2. The molecule has 6 nitrogen and oxygen atoms in total. The lowest BCUT2D eigenvalue weighted by atomic mass is 10.3. The zero-order chi connectivity index (χ0) is 14.8. The van der Waals surface area contributed by atoms with Gasteiger partial charge in [-0.15, -0.1) is 0 Å². The largest absolute Gasteiger partial charge is 0.399 e. The Kier molecular flexibility index (Phi) is 4.00. The van der Waals surface area contributed by atoms with Crippen LogP contribution in [0.5, 0.6) is 0 Å². The van der Waals surface area contributed by atoms with Gasteiger partial charge in [-0.05, 0) is 18.2 Å². The van der Waals surface area contributed by atoms with Crippen molar-refractivity contribution in [1.82, 2.24) is 14.5 Å². The average molecular weight is 302 g/mol. The number of hydrogen-bond donors (Lipinski definition) is 2. The Labute approximate surface area is 114 Å². The molecule has 0 bridgehead atoms. The van der Waals surface area contributed by atoms with Gasteiger partial charge in [0.2, 0.25) is 10.0 Å². The van der Waals surface area contributed by atoms with Crippen molar-refractivity contribution in [2.75, 3.05) is 12.3 Å². The van der Waals surface area contributed by atoms with Crippen molar-refractivity contribution in [2.45, 2.75) is 11.4 Å². The highest BCUT2D eigenvalue weighted by Crippen LogP contribution is 2.21. The zero-order valence-corrected chi connectivity index (χ0v) is 11.1. The maximum absolute atomic E-state index is 13.6. The molecular formula is C11H12F2N4O2S. The molecule has 0 saturated heterocycles. The monoisotopic (exact) mass is 302 g/mol. The number of halogens is 2. The van der Waals surface area contributed by atoms with Crippen LogP contribution in [-0.2, 0) is 16.6 Å². The molecule has 0 spiro atoms. The van der Waals surface area contributed by atoms with Crippen molar-refractivity contribution in [3.05, 3.63) is 42.2 Å². The summed E-state index contributed by atoms with van der Waals surface area (Å²) in [7, 11) is -4.29. The van der Waals surface area contributed by atoms with Gasteiger partial charge in [0, 0.05) is 24.6 Å². The molecule has 1 heterocycles. The topological polar surface area (TPSA) is 90.0 Å². The molecular weight excluding hydrogens is 290 g/mol. The fourth-order valence-electron chi connectivity index (χ4n) is 1.64. The van der Waals surface area contributed by atoms with Crippen molar-refractivity contribution in [1.29, 1.82) is 0 Å². The first kappa shape index (κ1) is 14.4. The van der Waals surface area contributed by atoms with Gasteiger partial charge in [0.25, 0.3) is 0 Å². The minimum Gasteiger partial charge on any atom is -0.399 e. The van der Waals surface area contributed by atoms with E-state index in [1.54, 1.807) is 12.3 Å². The molecule has 0 aliphatic heterocycles. The Balaban J connectivity index is 2.14. The molecule has 0 radical (unpaired) electrons. The van der Waals surface area contributed by atoms with Crippen molar-refractivity contribution in [3.8, 4) is 0 Å². The third-order valence-electron chi connectivity index (χ3n) is 2.48. The average Bonchev–Trinajstić information content (AvgIpc) is 2.79. The first-order chi connectivity index (χ1) is 9.40. The van der Waals surface area contributed by atoms with Gasteiger partial charge in [0.05, 0.1) is 6.54 Å². The molecule has 0 aliphatic carbocycles. The Bertz CT molecular complexity index is 678. The fraction of sp³-hybridized carbons (Fsp3) is 0.182. The zero-order valence-electron chi connectivity index (χ0n) is 10.3. The summed E-state index contributed by atoms with van der Waals surface area (Å²) in [6.07, 6.45) is 3.17. The van der Waals surface area contributed by atoms with Gasteiger partial charge >= 0.3 is 0 Å². The quantitative estimate of drug-likeness (QED) is 0.796. The van der Waals surface area contributed by atoms with Crippen molar-refractivity contribution < 1.29 is 17.2 Å². The van der Waals surface area contributed by atoms with E-state index in [9.17, 15) is 17.2 Å². The second kappa shape index (κ2) is 5.55. The van der Waals surface area contributed by atoms with Crippen LogP contribution in [0.3, 0.4) is 0 Å². The lowest BCUT2D eigenvalue weighted by Crippen LogP contribution is -2.29. The van der Waals surface area contributed by atoms with Crippen molar-refractivity contribution in [2.24, 2.45) is 0 Å². The van der Waals surface area contributed by atoms with Gasteiger partial charge in [0.1, 0.15) is 11.6 Å². The summed E-state index contributed by atoms with van der Waals surface area (Å²) in [4.78, 5) is -1.04. The molecule has 1 aromatic carbocycles. The van der Waals surface area contributed by atoms with Crippen LogP contribution in [0.4, 0.5) is 14.5 Å². The van der Waals surface area contributed by atoms with E-state index in [4.69, 9.17) is 5.73 Å². The summed E-state index contributed by atoms with van der Waals surface area (Å²) in [6, 6.07) is 3.18. The minimum atomic E-state index is -4.29. The maximum Gasteiger partial charge on any atom is 0.246 e. The van der Waals surface area contributed by atoms with Gasteiger partial charge in [0.15, 0.2) is 4.90 Å². The summed E-state index contributed by atoms with van der Waals surface area (Å²) in [5.74, 6) is -2.46. The molecule has 2 rings (SSSR count). The molecule has 0 atom stereocenters. The second-order valence-corrected chi connectivity index (χ2v) is 5.68. The summed E-state index contributed by atoms with van der Waals surface area (Å²) in [6.45, 7) is 0.192. The summed E-state index contributed by atoms with van der Waals surface area (Å²) < 4.78 is 54.4. The number of nitrogen functional groups attached to an aromatic ring is 1. The van der Waals surface area contributed by atoms with E-state index >= 15 is 0 Å². The molecule has 0 amide bonds. The molecule has 9 heteroatoms. The van der Waals surface area contributed by atoms with Gasteiger partial charge < -0.3 is 5.73 Å². The van der Waals surface area contributed by atoms with E-state index in [2.05, 4.69) is 9.82 Å². The van der Waals surface area contributed by atoms with Gasteiger partial charge in [-0.25, -0.2) is 21.9 Å². The van der Waals surface area contributed by atoms with Crippen LogP contribution >= 0.6 is 0 Å². The van der Waals surface area contributed by atoms with E-state index in [-0.39, 0.29) is 18.8 Å². The first-order valence-electron chi connectivity index (χ1n) is 5.62. The Morgan fingerprint density at radius 1 is 1.30 bits per heavy atom. The standard InChI is InChI=1S/C11H12F2N4O2S/c12-9-6-8(14)7-10(13)11(9)20(18,19)16-3-5-17-4-1-2-15-17/h1-2,4,6-7,16H,3,5,14H2.